The molecule has 2 fully saturated rings. The van der Waals surface area contributed by atoms with Crippen LogP contribution in [0.25, 0.3) is 0 Å². The van der Waals surface area contributed by atoms with Crippen molar-refractivity contribution >= 4 is 0 Å². The summed E-state index contributed by atoms with van der Waals surface area (Å²) in [5, 5.41) is 0. The Bertz CT molecular complexity index is 107. The Morgan fingerprint density at radius 2 is 2.11 bits per heavy atom. The smallest absolute Gasteiger partial charge is 0.0383 e. The van der Waals surface area contributed by atoms with Crippen molar-refractivity contribution in [2.75, 3.05) is 0 Å². The maximum atomic E-state index is 2.35. The van der Waals surface area contributed by atoms with Gasteiger partial charge in [-0.1, -0.05) is 19.8 Å². The Morgan fingerprint density at radius 3 is 2.44 bits per heavy atom. The standard InChI is InChI=1S/C9H16/c1-2-8-5-7-3-4-9(8)6-7/h7-9H,2-6H2,1H3/t7-,8?,9?/m0/s1. The van der Waals surface area contributed by atoms with Crippen molar-refractivity contribution in [3.63, 3.8) is 0 Å². The molecule has 2 rings (SSSR count). The minimum Gasteiger partial charge on any atom is -0.0651 e. The summed E-state index contributed by atoms with van der Waals surface area (Å²) >= 11 is 0. The van der Waals surface area contributed by atoms with Gasteiger partial charge in [-0.3, -0.25) is 0 Å². The first-order chi connectivity index (χ1) is 4.40. The van der Waals surface area contributed by atoms with Gasteiger partial charge in [0.05, 0.1) is 0 Å². The second-order valence-corrected chi connectivity index (χ2v) is 3.84. The molecule has 0 saturated heterocycles. The van der Waals surface area contributed by atoms with E-state index in [0.717, 1.165) is 17.8 Å². The number of hydrogen-bond donors (Lipinski definition) is 0. The highest BCUT2D eigenvalue weighted by Gasteiger charge is 2.37. The van der Waals surface area contributed by atoms with Gasteiger partial charge in [-0.2, -0.15) is 0 Å². The van der Waals surface area contributed by atoms with Crippen LogP contribution in [0.5, 0.6) is 0 Å². The molecule has 52 valence electrons. The van der Waals surface area contributed by atoms with E-state index in [1.54, 1.807) is 25.7 Å². The van der Waals surface area contributed by atoms with Crippen molar-refractivity contribution in [1.82, 2.24) is 0 Å². The van der Waals surface area contributed by atoms with Gasteiger partial charge >= 0.3 is 0 Å². The van der Waals surface area contributed by atoms with Crippen LogP contribution in [-0.2, 0) is 0 Å². The second kappa shape index (κ2) is 2.00. The molecule has 0 spiro atoms. The van der Waals surface area contributed by atoms with Crippen LogP contribution in [0, 0.1) is 17.8 Å². The van der Waals surface area contributed by atoms with Gasteiger partial charge in [0.2, 0.25) is 0 Å². The summed E-state index contributed by atoms with van der Waals surface area (Å²) in [6, 6.07) is 0. The molecule has 0 radical (unpaired) electrons. The first kappa shape index (κ1) is 5.76. The van der Waals surface area contributed by atoms with Gasteiger partial charge in [-0.25, -0.2) is 0 Å². The Balaban J connectivity index is 2.01. The summed E-state index contributed by atoms with van der Waals surface area (Å²) in [5.41, 5.74) is 0. The summed E-state index contributed by atoms with van der Waals surface area (Å²) in [6.07, 6.45) is 7.71. The first-order valence-electron chi connectivity index (χ1n) is 4.40. The lowest BCUT2D eigenvalue weighted by Crippen LogP contribution is -2.08. The monoisotopic (exact) mass is 124 g/mol. The molecule has 2 aliphatic rings. The Labute approximate surface area is 57.6 Å². The topological polar surface area (TPSA) is 0 Å². The SMILES string of the molecule is CCC1C[C@@H]2CCC1C2. The van der Waals surface area contributed by atoms with Gasteiger partial charge in [-0.15, -0.1) is 0 Å². The van der Waals surface area contributed by atoms with Gasteiger partial charge in [0.15, 0.2) is 0 Å². The molecule has 2 saturated carbocycles. The average Bonchev–Trinajstić information content (AvgIpc) is 2.45. The number of rotatable bonds is 1. The van der Waals surface area contributed by atoms with Crippen molar-refractivity contribution in [3.8, 4) is 0 Å². The molecule has 9 heavy (non-hydrogen) atoms. The second-order valence-electron chi connectivity index (χ2n) is 3.84. The van der Waals surface area contributed by atoms with Crippen LogP contribution < -0.4 is 0 Å². The summed E-state index contributed by atoms with van der Waals surface area (Å²) in [7, 11) is 0. The summed E-state index contributed by atoms with van der Waals surface area (Å²) in [6.45, 7) is 2.35. The molecule has 2 unspecified atom stereocenters. The Kier molecular flexibility index (Phi) is 1.28. The van der Waals surface area contributed by atoms with Gasteiger partial charge in [0.1, 0.15) is 0 Å². The zero-order valence-corrected chi connectivity index (χ0v) is 6.27. The molecule has 0 heterocycles. The van der Waals surface area contributed by atoms with Gasteiger partial charge in [-0.05, 0) is 37.0 Å². The first-order valence-corrected chi connectivity index (χ1v) is 4.40. The summed E-state index contributed by atoms with van der Waals surface area (Å²) < 4.78 is 0. The van der Waals surface area contributed by atoms with Crippen LogP contribution in [0.2, 0.25) is 0 Å². The highest BCUT2D eigenvalue weighted by Crippen LogP contribution is 2.49. The third-order valence-electron chi connectivity index (χ3n) is 3.41. The third kappa shape index (κ3) is 0.798. The average molecular weight is 124 g/mol. The van der Waals surface area contributed by atoms with Crippen molar-refractivity contribution in [1.29, 1.82) is 0 Å². The Hall–Kier alpha value is 0. The van der Waals surface area contributed by atoms with Crippen molar-refractivity contribution in [3.05, 3.63) is 0 Å². The fourth-order valence-electron chi connectivity index (χ4n) is 2.88. The maximum Gasteiger partial charge on any atom is -0.0383 e. The van der Waals surface area contributed by atoms with Crippen molar-refractivity contribution in [2.24, 2.45) is 17.8 Å². The fourth-order valence-corrected chi connectivity index (χ4v) is 2.88. The van der Waals surface area contributed by atoms with Crippen LogP contribution in [0.4, 0.5) is 0 Å². The summed E-state index contributed by atoms with van der Waals surface area (Å²) in [4.78, 5) is 0. The maximum absolute atomic E-state index is 2.35. The van der Waals surface area contributed by atoms with E-state index in [4.69, 9.17) is 0 Å². The largest absolute Gasteiger partial charge is 0.0651 e. The molecule has 0 amide bonds. The lowest BCUT2D eigenvalue weighted by atomic mass is 9.87. The van der Waals surface area contributed by atoms with Crippen molar-refractivity contribution < 1.29 is 0 Å². The van der Waals surface area contributed by atoms with E-state index in [2.05, 4.69) is 6.92 Å². The molecular formula is C9H16. The molecule has 0 aromatic carbocycles. The molecule has 0 aromatic rings. The van der Waals surface area contributed by atoms with Gasteiger partial charge < -0.3 is 0 Å². The van der Waals surface area contributed by atoms with Crippen LogP contribution >= 0.6 is 0 Å². The van der Waals surface area contributed by atoms with E-state index in [1.807, 2.05) is 0 Å². The van der Waals surface area contributed by atoms with Crippen LogP contribution in [0.15, 0.2) is 0 Å². The molecule has 0 heteroatoms. The Morgan fingerprint density at radius 1 is 1.22 bits per heavy atom. The third-order valence-corrected chi connectivity index (χ3v) is 3.41. The molecule has 0 nitrogen and oxygen atoms in total. The van der Waals surface area contributed by atoms with Crippen LogP contribution in [0.1, 0.15) is 39.0 Å². The molecule has 2 bridgehead atoms. The normalized spacial score (nSPS) is 48.3. The van der Waals surface area contributed by atoms with E-state index < -0.39 is 0 Å². The van der Waals surface area contributed by atoms with Crippen molar-refractivity contribution in [2.45, 2.75) is 39.0 Å². The predicted octanol–water partition coefficient (Wildman–Crippen LogP) is 2.83. The fraction of sp³-hybridized carbons (Fsp3) is 1.00. The summed E-state index contributed by atoms with van der Waals surface area (Å²) in [5.74, 6) is 3.43. The van der Waals surface area contributed by atoms with Gasteiger partial charge in [0, 0.05) is 0 Å². The highest BCUT2D eigenvalue weighted by molar-refractivity contribution is 4.88. The van der Waals surface area contributed by atoms with E-state index in [-0.39, 0.29) is 0 Å². The predicted molar refractivity (Wildman–Crippen MR) is 39.2 cm³/mol. The van der Waals surface area contributed by atoms with E-state index in [0.29, 0.717) is 0 Å². The van der Waals surface area contributed by atoms with Crippen LogP contribution in [-0.4, -0.2) is 0 Å². The molecule has 0 N–H and O–H groups in total. The minimum atomic E-state index is 1.13. The molecule has 3 atom stereocenters. The van der Waals surface area contributed by atoms with Crippen LogP contribution in [0.3, 0.4) is 0 Å². The van der Waals surface area contributed by atoms with Gasteiger partial charge in [0.25, 0.3) is 0 Å². The van der Waals surface area contributed by atoms with E-state index in [1.165, 1.54) is 6.42 Å². The van der Waals surface area contributed by atoms with E-state index in [9.17, 15) is 0 Å². The lowest BCUT2D eigenvalue weighted by molar-refractivity contribution is 0.324. The molecule has 0 aromatic heterocycles. The molecule has 2 aliphatic carbocycles. The molecule has 0 aliphatic heterocycles. The molecular weight excluding hydrogens is 108 g/mol. The zero-order valence-electron chi connectivity index (χ0n) is 6.27. The lowest BCUT2D eigenvalue weighted by Gasteiger charge is -2.18. The number of hydrogen-bond acceptors (Lipinski definition) is 0. The van der Waals surface area contributed by atoms with E-state index >= 15 is 0 Å². The number of fused-ring (bicyclic) bond motifs is 2. The minimum absolute atomic E-state index is 1.13. The highest BCUT2D eigenvalue weighted by atomic mass is 14.4. The zero-order chi connectivity index (χ0) is 6.27. The quantitative estimate of drug-likeness (QED) is 0.504.